The Balaban J connectivity index is 1.96. The lowest BCUT2D eigenvalue weighted by atomic mass is 9.92. The zero-order valence-electron chi connectivity index (χ0n) is 13.3. The van der Waals surface area contributed by atoms with Crippen molar-refractivity contribution in [2.75, 3.05) is 34.4 Å². The van der Waals surface area contributed by atoms with Crippen LogP contribution >= 0.6 is 0 Å². The van der Waals surface area contributed by atoms with E-state index in [9.17, 15) is 0 Å². The lowest BCUT2D eigenvalue weighted by Gasteiger charge is -2.30. The normalized spacial score (nSPS) is 26.0. The Labute approximate surface area is 127 Å². The van der Waals surface area contributed by atoms with Gasteiger partial charge in [0.2, 0.25) is 0 Å². The monoisotopic (exact) mass is 290 g/mol. The molecule has 0 radical (unpaired) electrons. The van der Waals surface area contributed by atoms with Crippen LogP contribution < -0.4 is 14.8 Å². The minimum Gasteiger partial charge on any atom is -0.497 e. The highest BCUT2D eigenvalue weighted by Gasteiger charge is 2.43. The Bertz CT molecular complexity index is 488. The quantitative estimate of drug-likeness (QED) is 0.872. The molecule has 1 aromatic carbocycles. The first-order valence-corrected chi connectivity index (χ1v) is 7.90. The second-order valence-corrected chi connectivity index (χ2v) is 6.13. The van der Waals surface area contributed by atoms with Crippen LogP contribution in [0.5, 0.6) is 11.5 Å². The maximum atomic E-state index is 5.63. The average Bonchev–Trinajstić information content (AvgIpc) is 3.28. The fraction of sp³-hybridized carbons (Fsp3) is 0.647. The van der Waals surface area contributed by atoms with Gasteiger partial charge in [-0.3, -0.25) is 4.90 Å². The number of likely N-dealkylation sites (tertiary alicyclic amines) is 1. The third-order valence-corrected chi connectivity index (χ3v) is 4.80. The van der Waals surface area contributed by atoms with E-state index in [2.05, 4.69) is 16.3 Å². The minimum atomic E-state index is 0.440. The van der Waals surface area contributed by atoms with Crippen LogP contribution in [0.4, 0.5) is 0 Å². The van der Waals surface area contributed by atoms with Crippen LogP contribution in [0.15, 0.2) is 18.2 Å². The predicted octanol–water partition coefficient (Wildman–Crippen LogP) is 2.45. The molecule has 1 saturated heterocycles. The van der Waals surface area contributed by atoms with Gasteiger partial charge < -0.3 is 14.8 Å². The van der Waals surface area contributed by atoms with Gasteiger partial charge in [0.15, 0.2) is 0 Å². The molecule has 0 aromatic heterocycles. The van der Waals surface area contributed by atoms with E-state index in [0.717, 1.165) is 24.1 Å². The zero-order valence-corrected chi connectivity index (χ0v) is 13.3. The SMILES string of the molecule is CNCC1CCN(C2CC2)C1c1cc(OC)ccc1OC. The number of hydrogen-bond acceptors (Lipinski definition) is 4. The van der Waals surface area contributed by atoms with Crippen molar-refractivity contribution in [1.82, 2.24) is 10.2 Å². The molecule has 2 fully saturated rings. The summed E-state index contributed by atoms with van der Waals surface area (Å²) in [5, 5.41) is 3.36. The molecule has 2 aliphatic rings. The highest BCUT2D eigenvalue weighted by molar-refractivity contribution is 5.43. The largest absolute Gasteiger partial charge is 0.497 e. The molecular weight excluding hydrogens is 264 g/mol. The van der Waals surface area contributed by atoms with Crippen LogP contribution in [0, 0.1) is 5.92 Å². The number of benzene rings is 1. The van der Waals surface area contributed by atoms with Gasteiger partial charge in [-0.1, -0.05) is 0 Å². The summed E-state index contributed by atoms with van der Waals surface area (Å²) in [4.78, 5) is 2.68. The summed E-state index contributed by atoms with van der Waals surface area (Å²) in [6, 6.07) is 7.38. The number of ether oxygens (including phenoxy) is 2. The third kappa shape index (κ3) is 2.87. The van der Waals surface area contributed by atoms with E-state index in [0.29, 0.717) is 12.0 Å². The standard InChI is InChI=1S/C17H26N2O2/c1-18-11-12-8-9-19(13-4-5-13)17(12)15-10-14(20-2)6-7-16(15)21-3/h6-7,10,12-13,17-18H,4-5,8-9,11H2,1-3H3. The smallest absolute Gasteiger partial charge is 0.123 e. The fourth-order valence-corrected chi connectivity index (χ4v) is 3.68. The molecule has 1 heterocycles. The summed E-state index contributed by atoms with van der Waals surface area (Å²) >= 11 is 0. The highest BCUT2D eigenvalue weighted by atomic mass is 16.5. The fourth-order valence-electron chi connectivity index (χ4n) is 3.68. The average molecular weight is 290 g/mol. The Kier molecular flexibility index (Phi) is 4.36. The summed E-state index contributed by atoms with van der Waals surface area (Å²) in [5.41, 5.74) is 1.28. The van der Waals surface area contributed by atoms with Crippen molar-refractivity contribution in [3.63, 3.8) is 0 Å². The number of rotatable bonds is 6. The van der Waals surface area contributed by atoms with Crippen molar-refractivity contribution >= 4 is 0 Å². The zero-order chi connectivity index (χ0) is 14.8. The van der Waals surface area contributed by atoms with E-state index in [1.165, 1.54) is 31.4 Å². The number of methoxy groups -OCH3 is 2. The Morgan fingerprint density at radius 2 is 2.00 bits per heavy atom. The van der Waals surface area contributed by atoms with Gasteiger partial charge in [-0.15, -0.1) is 0 Å². The highest BCUT2D eigenvalue weighted by Crippen LogP contribution is 2.47. The first-order valence-electron chi connectivity index (χ1n) is 7.90. The van der Waals surface area contributed by atoms with Crippen LogP contribution in [0.1, 0.15) is 30.9 Å². The molecule has 4 nitrogen and oxygen atoms in total. The summed E-state index contributed by atoms with van der Waals surface area (Å²) < 4.78 is 11.1. The molecule has 116 valence electrons. The molecular formula is C17H26N2O2. The van der Waals surface area contributed by atoms with Crippen molar-refractivity contribution < 1.29 is 9.47 Å². The second kappa shape index (κ2) is 6.24. The maximum absolute atomic E-state index is 5.63. The van der Waals surface area contributed by atoms with Crippen LogP contribution in [0.2, 0.25) is 0 Å². The molecule has 2 unspecified atom stereocenters. The molecule has 0 spiro atoms. The topological polar surface area (TPSA) is 33.7 Å². The molecule has 1 aliphatic carbocycles. The van der Waals surface area contributed by atoms with Crippen LogP contribution in [-0.2, 0) is 0 Å². The van der Waals surface area contributed by atoms with Gasteiger partial charge in [0.25, 0.3) is 0 Å². The lowest BCUT2D eigenvalue weighted by molar-refractivity contribution is 0.212. The van der Waals surface area contributed by atoms with E-state index < -0.39 is 0 Å². The van der Waals surface area contributed by atoms with E-state index in [1.807, 2.05) is 19.2 Å². The van der Waals surface area contributed by atoms with E-state index >= 15 is 0 Å². The summed E-state index contributed by atoms with van der Waals surface area (Å²) in [7, 11) is 5.53. The van der Waals surface area contributed by atoms with E-state index in [1.54, 1.807) is 14.2 Å². The number of nitrogens with zero attached hydrogens (tertiary/aromatic N) is 1. The van der Waals surface area contributed by atoms with Gasteiger partial charge in [0.1, 0.15) is 11.5 Å². The number of nitrogens with one attached hydrogen (secondary N) is 1. The molecule has 0 amide bonds. The van der Waals surface area contributed by atoms with Crippen molar-refractivity contribution in [3.05, 3.63) is 23.8 Å². The molecule has 4 heteroatoms. The third-order valence-electron chi connectivity index (χ3n) is 4.80. The van der Waals surface area contributed by atoms with Crippen molar-refractivity contribution in [2.24, 2.45) is 5.92 Å². The van der Waals surface area contributed by atoms with Gasteiger partial charge in [0.05, 0.1) is 14.2 Å². The second-order valence-electron chi connectivity index (χ2n) is 6.13. The van der Waals surface area contributed by atoms with Gasteiger partial charge in [-0.25, -0.2) is 0 Å². The number of hydrogen-bond donors (Lipinski definition) is 1. The minimum absolute atomic E-state index is 0.440. The van der Waals surface area contributed by atoms with Gasteiger partial charge in [-0.05, 0) is 63.5 Å². The first-order chi connectivity index (χ1) is 10.3. The molecule has 21 heavy (non-hydrogen) atoms. The predicted molar refractivity (Wildman–Crippen MR) is 84.0 cm³/mol. The van der Waals surface area contributed by atoms with Crippen LogP contribution in [0.3, 0.4) is 0 Å². The van der Waals surface area contributed by atoms with Crippen molar-refractivity contribution in [2.45, 2.75) is 31.3 Å². The first kappa shape index (κ1) is 14.7. The molecule has 1 aromatic rings. The van der Waals surface area contributed by atoms with Gasteiger partial charge in [0, 0.05) is 17.6 Å². The Morgan fingerprint density at radius 1 is 1.19 bits per heavy atom. The molecule has 1 aliphatic heterocycles. The van der Waals surface area contributed by atoms with Crippen molar-refractivity contribution in [1.29, 1.82) is 0 Å². The Hall–Kier alpha value is -1.26. The van der Waals surface area contributed by atoms with Gasteiger partial charge in [-0.2, -0.15) is 0 Å². The molecule has 0 bridgehead atoms. The van der Waals surface area contributed by atoms with E-state index in [-0.39, 0.29) is 0 Å². The van der Waals surface area contributed by atoms with Crippen LogP contribution in [-0.4, -0.2) is 45.3 Å². The van der Waals surface area contributed by atoms with E-state index in [4.69, 9.17) is 9.47 Å². The summed E-state index contributed by atoms with van der Waals surface area (Å²) in [6.45, 7) is 2.25. The van der Waals surface area contributed by atoms with Gasteiger partial charge >= 0.3 is 0 Å². The summed E-state index contributed by atoms with van der Waals surface area (Å²) in [6.07, 6.45) is 3.94. The molecule has 1 N–H and O–H groups in total. The molecule has 1 saturated carbocycles. The Morgan fingerprint density at radius 3 is 2.62 bits per heavy atom. The maximum Gasteiger partial charge on any atom is 0.123 e. The van der Waals surface area contributed by atoms with Crippen LogP contribution in [0.25, 0.3) is 0 Å². The lowest BCUT2D eigenvalue weighted by Crippen LogP contribution is -2.31. The summed E-state index contributed by atoms with van der Waals surface area (Å²) in [5.74, 6) is 2.53. The molecule has 2 atom stereocenters. The molecule has 3 rings (SSSR count). The van der Waals surface area contributed by atoms with Crippen molar-refractivity contribution in [3.8, 4) is 11.5 Å².